The van der Waals surface area contributed by atoms with Crippen LogP contribution in [0.2, 0.25) is 0 Å². The second kappa shape index (κ2) is 9.38. The minimum Gasteiger partial charge on any atom is -0.355 e. The summed E-state index contributed by atoms with van der Waals surface area (Å²) >= 11 is 0. The number of sulfonamides is 1. The van der Waals surface area contributed by atoms with Crippen LogP contribution >= 0.6 is 0 Å². The molecule has 2 rings (SSSR count). The SMILES string of the molecule is CCCCCNC(=O)CN(c1cccc(C)c1)S(=O)(=O)c1ccccc1. The predicted molar refractivity (Wildman–Crippen MR) is 105 cm³/mol. The van der Waals surface area contributed by atoms with Gasteiger partial charge in [-0.05, 0) is 43.2 Å². The Morgan fingerprint density at radius 3 is 2.42 bits per heavy atom. The van der Waals surface area contributed by atoms with E-state index in [2.05, 4.69) is 12.2 Å². The van der Waals surface area contributed by atoms with Crippen LogP contribution < -0.4 is 9.62 Å². The topological polar surface area (TPSA) is 66.5 Å². The summed E-state index contributed by atoms with van der Waals surface area (Å²) in [4.78, 5) is 12.5. The van der Waals surface area contributed by atoms with E-state index in [-0.39, 0.29) is 17.3 Å². The average molecular weight is 375 g/mol. The number of hydrogen-bond donors (Lipinski definition) is 1. The number of rotatable bonds is 9. The highest BCUT2D eigenvalue weighted by atomic mass is 32.2. The lowest BCUT2D eigenvalue weighted by Crippen LogP contribution is -2.41. The summed E-state index contributed by atoms with van der Waals surface area (Å²) in [5.74, 6) is -0.304. The number of amides is 1. The van der Waals surface area contributed by atoms with Crippen LogP contribution in [-0.4, -0.2) is 27.4 Å². The molecule has 0 unspecified atom stereocenters. The number of nitrogens with one attached hydrogen (secondary N) is 1. The summed E-state index contributed by atoms with van der Waals surface area (Å²) in [7, 11) is -3.83. The number of anilines is 1. The van der Waals surface area contributed by atoms with E-state index < -0.39 is 10.0 Å². The molecule has 6 heteroatoms. The van der Waals surface area contributed by atoms with Crippen LogP contribution in [0.5, 0.6) is 0 Å². The van der Waals surface area contributed by atoms with Crippen molar-refractivity contribution in [3.8, 4) is 0 Å². The highest BCUT2D eigenvalue weighted by molar-refractivity contribution is 7.92. The van der Waals surface area contributed by atoms with Gasteiger partial charge in [-0.1, -0.05) is 50.1 Å². The van der Waals surface area contributed by atoms with Crippen LogP contribution in [-0.2, 0) is 14.8 Å². The second-order valence-corrected chi connectivity index (χ2v) is 8.08. The largest absolute Gasteiger partial charge is 0.355 e. The minimum absolute atomic E-state index is 0.167. The molecule has 0 aliphatic carbocycles. The lowest BCUT2D eigenvalue weighted by molar-refractivity contribution is -0.119. The van der Waals surface area contributed by atoms with Crippen molar-refractivity contribution in [1.29, 1.82) is 0 Å². The molecule has 26 heavy (non-hydrogen) atoms. The van der Waals surface area contributed by atoms with Gasteiger partial charge >= 0.3 is 0 Å². The summed E-state index contributed by atoms with van der Waals surface area (Å²) < 4.78 is 27.4. The third-order valence-electron chi connectivity index (χ3n) is 4.01. The fourth-order valence-corrected chi connectivity index (χ4v) is 4.04. The number of aryl methyl sites for hydroxylation is 1. The maximum absolute atomic E-state index is 13.1. The first-order valence-corrected chi connectivity index (χ1v) is 10.3. The van der Waals surface area contributed by atoms with Crippen molar-refractivity contribution in [2.75, 3.05) is 17.4 Å². The maximum Gasteiger partial charge on any atom is 0.264 e. The molecule has 0 aliphatic heterocycles. The van der Waals surface area contributed by atoms with E-state index in [9.17, 15) is 13.2 Å². The molecule has 0 bridgehead atoms. The first kappa shape index (κ1) is 20.0. The normalized spacial score (nSPS) is 11.2. The van der Waals surface area contributed by atoms with Crippen molar-refractivity contribution in [1.82, 2.24) is 5.32 Å². The van der Waals surface area contributed by atoms with Gasteiger partial charge in [-0.15, -0.1) is 0 Å². The van der Waals surface area contributed by atoms with Crippen molar-refractivity contribution in [3.63, 3.8) is 0 Å². The molecule has 0 heterocycles. The van der Waals surface area contributed by atoms with E-state index >= 15 is 0 Å². The van der Waals surface area contributed by atoms with Crippen LogP contribution in [0.15, 0.2) is 59.5 Å². The van der Waals surface area contributed by atoms with Gasteiger partial charge in [0, 0.05) is 6.54 Å². The van der Waals surface area contributed by atoms with Crippen LogP contribution in [0.25, 0.3) is 0 Å². The molecule has 5 nitrogen and oxygen atoms in total. The smallest absolute Gasteiger partial charge is 0.264 e. The van der Waals surface area contributed by atoms with Gasteiger partial charge in [-0.3, -0.25) is 9.10 Å². The molecule has 0 aliphatic rings. The van der Waals surface area contributed by atoms with Gasteiger partial charge in [0.15, 0.2) is 0 Å². The van der Waals surface area contributed by atoms with Gasteiger partial charge < -0.3 is 5.32 Å². The molecule has 0 fully saturated rings. The molecule has 0 saturated heterocycles. The average Bonchev–Trinajstić information content (AvgIpc) is 2.64. The summed E-state index contributed by atoms with van der Waals surface area (Å²) in [5, 5.41) is 2.81. The fourth-order valence-electron chi connectivity index (χ4n) is 2.61. The minimum atomic E-state index is -3.83. The number of benzene rings is 2. The monoisotopic (exact) mass is 374 g/mol. The van der Waals surface area contributed by atoms with E-state index in [4.69, 9.17) is 0 Å². The lowest BCUT2D eigenvalue weighted by atomic mass is 10.2. The summed E-state index contributed by atoms with van der Waals surface area (Å²) in [6.07, 6.45) is 2.98. The predicted octanol–water partition coefficient (Wildman–Crippen LogP) is 3.50. The van der Waals surface area contributed by atoms with Gasteiger partial charge in [-0.25, -0.2) is 8.42 Å². The van der Waals surface area contributed by atoms with Gasteiger partial charge in [0.1, 0.15) is 6.54 Å². The fraction of sp³-hybridized carbons (Fsp3) is 0.350. The number of hydrogen-bond acceptors (Lipinski definition) is 3. The van der Waals surface area contributed by atoms with Crippen molar-refractivity contribution >= 4 is 21.6 Å². The van der Waals surface area contributed by atoms with Crippen molar-refractivity contribution in [2.45, 2.75) is 38.0 Å². The van der Waals surface area contributed by atoms with Crippen LogP contribution in [0.3, 0.4) is 0 Å². The molecule has 0 atom stereocenters. The van der Waals surface area contributed by atoms with E-state index in [0.29, 0.717) is 12.2 Å². The van der Waals surface area contributed by atoms with Gasteiger partial charge in [-0.2, -0.15) is 0 Å². The second-order valence-electron chi connectivity index (χ2n) is 6.22. The number of carbonyl (C=O) groups excluding carboxylic acids is 1. The van der Waals surface area contributed by atoms with Crippen LogP contribution in [0.1, 0.15) is 31.7 Å². The highest BCUT2D eigenvalue weighted by Crippen LogP contribution is 2.24. The molecule has 1 N–H and O–H groups in total. The van der Waals surface area contributed by atoms with E-state index in [1.165, 1.54) is 16.4 Å². The Morgan fingerprint density at radius 2 is 1.77 bits per heavy atom. The lowest BCUT2D eigenvalue weighted by Gasteiger charge is -2.24. The third-order valence-corrected chi connectivity index (χ3v) is 5.80. The van der Waals surface area contributed by atoms with Crippen molar-refractivity contribution in [2.24, 2.45) is 0 Å². The molecule has 2 aromatic rings. The number of carbonyl (C=O) groups is 1. The maximum atomic E-state index is 13.1. The Bertz CT molecular complexity index is 820. The Labute approximate surface area is 156 Å². The molecule has 0 aromatic heterocycles. The van der Waals surface area contributed by atoms with E-state index in [1.807, 2.05) is 13.0 Å². The van der Waals surface area contributed by atoms with Gasteiger partial charge in [0.05, 0.1) is 10.6 Å². The first-order chi connectivity index (χ1) is 12.4. The summed E-state index contributed by atoms with van der Waals surface area (Å²) in [6, 6.07) is 15.3. The molecule has 0 spiro atoms. The van der Waals surface area contributed by atoms with Gasteiger partial charge in [0.2, 0.25) is 5.91 Å². The Hall–Kier alpha value is -2.34. The zero-order valence-electron chi connectivity index (χ0n) is 15.3. The molecule has 0 saturated carbocycles. The number of unbranched alkanes of at least 4 members (excludes halogenated alkanes) is 2. The third kappa shape index (κ3) is 5.33. The summed E-state index contributed by atoms with van der Waals surface area (Å²) in [5.41, 5.74) is 1.41. The summed E-state index contributed by atoms with van der Waals surface area (Å²) in [6.45, 7) is 4.29. The Morgan fingerprint density at radius 1 is 1.04 bits per heavy atom. The zero-order valence-corrected chi connectivity index (χ0v) is 16.1. The number of nitrogens with zero attached hydrogens (tertiary/aromatic N) is 1. The van der Waals surface area contributed by atoms with Crippen LogP contribution in [0, 0.1) is 6.92 Å². The van der Waals surface area contributed by atoms with Crippen molar-refractivity contribution < 1.29 is 13.2 Å². The molecule has 140 valence electrons. The van der Waals surface area contributed by atoms with E-state index in [1.54, 1.807) is 36.4 Å². The highest BCUT2D eigenvalue weighted by Gasteiger charge is 2.26. The molecule has 0 radical (unpaired) electrons. The first-order valence-electron chi connectivity index (χ1n) is 8.86. The Balaban J connectivity index is 2.27. The standard InChI is InChI=1S/C20H26N2O3S/c1-3-4-8-14-21-20(23)16-22(18-11-9-10-17(2)15-18)26(24,25)19-12-6-5-7-13-19/h5-7,9-13,15H,3-4,8,14,16H2,1-2H3,(H,21,23). The van der Waals surface area contributed by atoms with E-state index in [0.717, 1.165) is 24.8 Å². The molecular weight excluding hydrogens is 348 g/mol. The molecular formula is C20H26N2O3S. The Kier molecular flexibility index (Phi) is 7.21. The molecule has 1 amide bonds. The zero-order chi connectivity index (χ0) is 19.0. The van der Waals surface area contributed by atoms with Crippen LogP contribution in [0.4, 0.5) is 5.69 Å². The van der Waals surface area contributed by atoms with Crippen molar-refractivity contribution in [3.05, 3.63) is 60.2 Å². The molecule has 2 aromatic carbocycles. The van der Waals surface area contributed by atoms with Gasteiger partial charge in [0.25, 0.3) is 10.0 Å². The quantitative estimate of drug-likeness (QED) is 0.683.